The zero-order valence-electron chi connectivity index (χ0n) is 9.65. The van der Waals surface area contributed by atoms with Gasteiger partial charge >= 0.3 is 5.69 Å². The summed E-state index contributed by atoms with van der Waals surface area (Å²) >= 11 is 2.18. The van der Waals surface area contributed by atoms with Crippen LogP contribution >= 0.6 is 22.6 Å². The Morgan fingerprint density at radius 3 is 2.74 bits per heavy atom. The van der Waals surface area contributed by atoms with E-state index in [1.54, 1.807) is 6.07 Å². The average molecular weight is 368 g/mol. The SMILES string of the molecule is O=[N+]([O-])c1cc(C=Nc2cccc(I)c2)ccc1O. The van der Waals surface area contributed by atoms with Crippen LogP contribution in [0.25, 0.3) is 0 Å². The van der Waals surface area contributed by atoms with Crippen LogP contribution in [0.5, 0.6) is 5.75 Å². The molecular formula is C13H9IN2O3. The van der Waals surface area contributed by atoms with Gasteiger partial charge in [-0.1, -0.05) is 6.07 Å². The largest absolute Gasteiger partial charge is 0.502 e. The number of nitro groups is 1. The van der Waals surface area contributed by atoms with E-state index in [1.165, 1.54) is 18.3 Å². The average Bonchev–Trinajstić information content (AvgIpc) is 2.37. The molecule has 2 aromatic carbocycles. The fourth-order valence-electron chi connectivity index (χ4n) is 1.47. The fraction of sp³-hybridized carbons (Fsp3) is 0. The molecule has 2 aromatic rings. The topological polar surface area (TPSA) is 75.7 Å². The highest BCUT2D eigenvalue weighted by atomic mass is 127. The first-order valence-electron chi connectivity index (χ1n) is 5.33. The van der Waals surface area contributed by atoms with Crippen LogP contribution < -0.4 is 0 Å². The zero-order valence-corrected chi connectivity index (χ0v) is 11.8. The maximum atomic E-state index is 10.7. The number of halogens is 1. The first-order chi connectivity index (χ1) is 9.06. The molecule has 0 saturated carbocycles. The van der Waals surface area contributed by atoms with Crippen LogP contribution in [-0.2, 0) is 0 Å². The van der Waals surface area contributed by atoms with E-state index in [0.29, 0.717) is 5.56 Å². The van der Waals surface area contributed by atoms with Crippen molar-refractivity contribution in [3.05, 3.63) is 61.7 Å². The minimum atomic E-state index is -0.627. The number of rotatable bonds is 3. The van der Waals surface area contributed by atoms with Crippen LogP contribution in [0.3, 0.4) is 0 Å². The lowest BCUT2D eigenvalue weighted by Gasteiger charge is -1.98. The third-order valence-corrected chi connectivity index (χ3v) is 3.04. The summed E-state index contributed by atoms with van der Waals surface area (Å²) in [5.41, 5.74) is 0.998. The Hall–Kier alpha value is -1.96. The van der Waals surface area contributed by atoms with E-state index in [2.05, 4.69) is 27.6 Å². The van der Waals surface area contributed by atoms with Crippen LogP contribution in [0.15, 0.2) is 47.5 Å². The molecule has 0 aromatic heterocycles. The number of hydrogen-bond donors (Lipinski definition) is 1. The predicted octanol–water partition coefficient (Wildman–Crippen LogP) is 3.66. The van der Waals surface area contributed by atoms with Crippen LogP contribution in [0, 0.1) is 13.7 Å². The molecule has 6 heteroatoms. The minimum Gasteiger partial charge on any atom is -0.502 e. The summed E-state index contributed by atoms with van der Waals surface area (Å²) in [6.07, 6.45) is 1.53. The smallest absolute Gasteiger partial charge is 0.311 e. The van der Waals surface area contributed by atoms with E-state index >= 15 is 0 Å². The Labute approximate surface area is 122 Å². The van der Waals surface area contributed by atoms with Crippen LogP contribution in [0.2, 0.25) is 0 Å². The first kappa shape index (κ1) is 13.5. The number of nitro benzene ring substituents is 1. The van der Waals surface area contributed by atoms with E-state index < -0.39 is 4.92 Å². The molecule has 0 radical (unpaired) electrons. The van der Waals surface area contributed by atoms with E-state index in [0.717, 1.165) is 9.26 Å². The van der Waals surface area contributed by atoms with Crippen molar-refractivity contribution in [2.45, 2.75) is 0 Å². The summed E-state index contributed by atoms with van der Waals surface area (Å²) in [6, 6.07) is 11.7. The molecule has 0 aliphatic heterocycles. The lowest BCUT2D eigenvalue weighted by molar-refractivity contribution is -0.385. The number of nitrogens with zero attached hydrogens (tertiary/aromatic N) is 2. The van der Waals surface area contributed by atoms with Crippen molar-refractivity contribution < 1.29 is 10.0 Å². The first-order valence-corrected chi connectivity index (χ1v) is 6.41. The molecule has 2 rings (SSSR count). The van der Waals surface area contributed by atoms with Crippen molar-refractivity contribution in [3.8, 4) is 5.75 Å². The van der Waals surface area contributed by atoms with E-state index in [4.69, 9.17) is 0 Å². The van der Waals surface area contributed by atoms with Crippen molar-refractivity contribution in [2.75, 3.05) is 0 Å². The molecule has 0 aliphatic carbocycles. The molecule has 0 bridgehead atoms. The second kappa shape index (κ2) is 5.79. The number of hydrogen-bond acceptors (Lipinski definition) is 4. The number of phenolic OH excluding ortho intramolecular Hbond substituents is 1. The van der Waals surface area contributed by atoms with Gasteiger partial charge in [0.2, 0.25) is 0 Å². The molecule has 0 aliphatic rings. The zero-order chi connectivity index (χ0) is 13.8. The van der Waals surface area contributed by atoms with Gasteiger partial charge in [0.25, 0.3) is 0 Å². The van der Waals surface area contributed by atoms with E-state index in [-0.39, 0.29) is 11.4 Å². The van der Waals surface area contributed by atoms with Gasteiger partial charge in [-0.05, 0) is 58.5 Å². The molecule has 0 heterocycles. The van der Waals surface area contributed by atoms with Gasteiger partial charge in [-0.15, -0.1) is 0 Å². The molecule has 19 heavy (non-hydrogen) atoms. The molecule has 0 saturated heterocycles. The molecule has 0 unspecified atom stereocenters. The molecule has 1 N–H and O–H groups in total. The van der Waals surface area contributed by atoms with Gasteiger partial charge in [0.05, 0.1) is 10.6 Å². The van der Waals surface area contributed by atoms with Gasteiger partial charge in [-0.3, -0.25) is 15.1 Å². The predicted molar refractivity (Wildman–Crippen MR) is 81.2 cm³/mol. The molecule has 0 spiro atoms. The van der Waals surface area contributed by atoms with Gasteiger partial charge in [-0.2, -0.15) is 0 Å². The van der Waals surface area contributed by atoms with Crippen molar-refractivity contribution >= 4 is 40.2 Å². The monoisotopic (exact) mass is 368 g/mol. The number of aliphatic imine (C=N–C) groups is 1. The van der Waals surface area contributed by atoms with Crippen molar-refractivity contribution in [3.63, 3.8) is 0 Å². The Morgan fingerprint density at radius 1 is 1.26 bits per heavy atom. The van der Waals surface area contributed by atoms with Gasteiger partial charge in [0, 0.05) is 15.9 Å². The van der Waals surface area contributed by atoms with E-state index in [1.807, 2.05) is 24.3 Å². The summed E-state index contributed by atoms with van der Waals surface area (Å²) in [7, 11) is 0. The second-order valence-corrected chi connectivity index (χ2v) is 4.99. The maximum absolute atomic E-state index is 10.7. The van der Waals surface area contributed by atoms with Gasteiger partial charge in [0.1, 0.15) is 0 Å². The summed E-state index contributed by atoms with van der Waals surface area (Å²) in [6.45, 7) is 0. The third-order valence-electron chi connectivity index (χ3n) is 2.37. The molecule has 0 fully saturated rings. The van der Waals surface area contributed by atoms with Crippen molar-refractivity contribution in [1.29, 1.82) is 0 Å². The van der Waals surface area contributed by atoms with Gasteiger partial charge < -0.3 is 5.11 Å². The highest BCUT2D eigenvalue weighted by Crippen LogP contribution is 2.26. The van der Waals surface area contributed by atoms with E-state index in [9.17, 15) is 15.2 Å². The Bertz CT molecular complexity index is 656. The quantitative estimate of drug-likeness (QED) is 0.389. The van der Waals surface area contributed by atoms with Crippen molar-refractivity contribution in [2.24, 2.45) is 4.99 Å². The van der Waals surface area contributed by atoms with Gasteiger partial charge in [-0.25, -0.2) is 0 Å². The fourth-order valence-corrected chi connectivity index (χ4v) is 2.00. The maximum Gasteiger partial charge on any atom is 0.311 e. The standard InChI is InChI=1S/C13H9IN2O3/c14-10-2-1-3-11(7-10)15-8-9-4-5-13(17)12(6-9)16(18)19/h1-8,17H. The van der Waals surface area contributed by atoms with Crippen LogP contribution in [0.4, 0.5) is 11.4 Å². The Kier molecular flexibility index (Phi) is 4.10. The number of benzene rings is 2. The minimum absolute atomic E-state index is 0.327. The highest BCUT2D eigenvalue weighted by molar-refractivity contribution is 14.1. The molecule has 5 nitrogen and oxygen atoms in total. The number of phenols is 1. The molecule has 0 atom stereocenters. The number of aromatic hydroxyl groups is 1. The lowest BCUT2D eigenvalue weighted by Crippen LogP contribution is -1.90. The second-order valence-electron chi connectivity index (χ2n) is 3.74. The van der Waals surface area contributed by atoms with Gasteiger partial charge in [0.15, 0.2) is 5.75 Å². The molecule has 0 amide bonds. The normalized spacial score (nSPS) is 10.8. The van der Waals surface area contributed by atoms with Crippen LogP contribution in [0.1, 0.15) is 5.56 Å². The highest BCUT2D eigenvalue weighted by Gasteiger charge is 2.12. The Balaban J connectivity index is 2.29. The lowest BCUT2D eigenvalue weighted by atomic mass is 10.2. The third kappa shape index (κ3) is 3.50. The van der Waals surface area contributed by atoms with Crippen molar-refractivity contribution in [1.82, 2.24) is 0 Å². The Morgan fingerprint density at radius 2 is 2.05 bits per heavy atom. The summed E-state index contributed by atoms with van der Waals surface area (Å²) < 4.78 is 1.06. The van der Waals surface area contributed by atoms with Crippen LogP contribution in [-0.4, -0.2) is 16.2 Å². The summed E-state index contributed by atoms with van der Waals surface area (Å²) in [4.78, 5) is 14.3. The molecule has 96 valence electrons. The summed E-state index contributed by atoms with van der Waals surface area (Å²) in [5, 5.41) is 20.0. The summed E-state index contributed by atoms with van der Waals surface area (Å²) in [5.74, 6) is -0.351. The molecular weight excluding hydrogens is 359 g/mol.